The number of carbonyl (C=O) groups is 1. The van der Waals surface area contributed by atoms with Crippen LogP contribution in [0.25, 0.3) is 0 Å². The zero-order valence-electron chi connectivity index (χ0n) is 18.0. The van der Waals surface area contributed by atoms with Gasteiger partial charge in [-0.15, -0.1) is 0 Å². The summed E-state index contributed by atoms with van der Waals surface area (Å²) >= 11 is 0. The Morgan fingerprint density at radius 1 is 1.03 bits per heavy atom. The van der Waals surface area contributed by atoms with Crippen molar-refractivity contribution in [3.05, 3.63) is 29.3 Å². The Hall–Kier alpha value is -1.40. The molecule has 4 saturated carbocycles. The first-order valence-corrected chi connectivity index (χ1v) is 12.5. The molecule has 1 amide bonds. The summed E-state index contributed by atoms with van der Waals surface area (Å²) in [5.41, 5.74) is 1.47. The van der Waals surface area contributed by atoms with E-state index in [0.29, 0.717) is 5.56 Å². The van der Waals surface area contributed by atoms with E-state index in [1.54, 1.807) is 26.0 Å². The molecular formula is C23H34N2O3S. The van der Waals surface area contributed by atoms with Gasteiger partial charge in [0.25, 0.3) is 5.91 Å². The maximum absolute atomic E-state index is 13.1. The van der Waals surface area contributed by atoms with Crippen LogP contribution >= 0.6 is 0 Å². The van der Waals surface area contributed by atoms with Crippen molar-refractivity contribution in [3.63, 3.8) is 0 Å². The van der Waals surface area contributed by atoms with Crippen LogP contribution in [-0.4, -0.2) is 26.4 Å². The minimum atomic E-state index is -3.63. The van der Waals surface area contributed by atoms with Crippen molar-refractivity contribution >= 4 is 15.9 Å². The maximum atomic E-state index is 13.1. The van der Waals surface area contributed by atoms with Crippen molar-refractivity contribution in [1.29, 1.82) is 0 Å². The monoisotopic (exact) mass is 418 g/mol. The van der Waals surface area contributed by atoms with E-state index in [4.69, 9.17) is 0 Å². The second-order valence-electron chi connectivity index (χ2n) is 10.2. The number of aryl methyl sites for hydroxylation is 1. The molecular weight excluding hydrogens is 384 g/mol. The molecule has 1 aromatic rings. The van der Waals surface area contributed by atoms with Crippen molar-refractivity contribution in [2.45, 2.75) is 83.2 Å². The van der Waals surface area contributed by atoms with Gasteiger partial charge in [0.1, 0.15) is 0 Å². The van der Waals surface area contributed by atoms with Crippen LogP contribution in [0.15, 0.2) is 23.1 Å². The van der Waals surface area contributed by atoms with Gasteiger partial charge in [-0.2, -0.15) is 0 Å². The molecule has 29 heavy (non-hydrogen) atoms. The molecule has 6 heteroatoms. The van der Waals surface area contributed by atoms with E-state index in [-0.39, 0.29) is 28.3 Å². The van der Waals surface area contributed by atoms with E-state index in [1.807, 2.05) is 6.92 Å². The van der Waals surface area contributed by atoms with Gasteiger partial charge in [-0.1, -0.05) is 6.07 Å². The van der Waals surface area contributed by atoms with E-state index < -0.39 is 10.0 Å². The quantitative estimate of drug-likeness (QED) is 0.733. The van der Waals surface area contributed by atoms with Gasteiger partial charge in [-0.3, -0.25) is 4.79 Å². The number of hydrogen-bond donors (Lipinski definition) is 2. The molecule has 0 spiro atoms. The number of amides is 1. The van der Waals surface area contributed by atoms with E-state index in [0.717, 1.165) is 23.3 Å². The highest BCUT2D eigenvalue weighted by molar-refractivity contribution is 7.89. The van der Waals surface area contributed by atoms with Gasteiger partial charge < -0.3 is 5.32 Å². The Balaban J connectivity index is 1.53. The third-order valence-corrected chi connectivity index (χ3v) is 9.16. The van der Waals surface area contributed by atoms with Gasteiger partial charge in [0.15, 0.2) is 0 Å². The SMILES string of the molecule is Cc1ccc(S(=O)(=O)NC(C)C)cc1C(=O)NC(C)C12CC3CC(CC(C3)C1)C2. The Morgan fingerprint density at radius 3 is 2.10 bits per heavy atom. The van der Waals surface area contributed by atoms with Crippen LogP contribution in [0.4, 0.5) is 0 Å². The maximum Gasteiger partial charge on any atom is 0.251 e. The van der Waals surface area contributed by atoms with Gasteiger partial charge >= 0.3 is 0 Å². The summed E-state index contributed by atoms with van der Waals surface area (Å²) in [6, 6.07) is 4.71. The molecule has 2 N–H and O–H groups in total. The number of nitrogens with one attached hydrogen (secondary N) is 2. The average Bonchev–Trinajstić information content (AvgIpc) is 2.59. The molecule has 1 unspecified atom stereocenters. The number of hydrogen-bond acceptors (Lipinski definition) is 3. The topological polar surface area (TPSA) is 75.3 Å². The Labute approximate surface area is 175 Å². The van der Waals surface area contributed by atoms with E-state index in [9.17, 15) is 13.2 Å². The molecule has 0 aliphatic heterocycles. The first kappa shape index (κ1) is 20.9. The van der Waals surface area contributed by atoms with E-state index in [1.165, 1.54) is 44.6 Å². The summed E-state index contributed by atoms with van der Waals surface area (Å²) in [7, 11) is -3.63. The summed E-state index contributed by atoms with van der Waals surface area (Å²) in [5.74, 6) is 2.33. The zero-order valence-corrected chi connectivity index (χ0v) is 18.8. The van der Waals surface area contributed by atoms with Crippen LogP contribution < -0.4 is 10.0 Å². The smallest absolute Gasteiger partial charge is 0.251 e. The van der Waals surface area contributed by atoms with Gasteiger partial charge in [0, 0.05) is 17.6 Å². The fourth-order valence-electron chi connectivity index (χ4n) is 6.53. The lowest BCUT2D eigenvalue weighted by Crippen LogP contribution is -2.55. The van der Waals surface area contributed by atoms with E-state index in [2.05, 4.69) is 17.0 Å². The molecule has 1 atom stereocenters. The van der Waals surface area contributed by atoms with Crippen molar-refractivity contribution in [1.82, 2.24) is 10.0 Å². The molecule has 0 saturated heterocycles. The molecule has 5 nitrogen and oxygen atoms in total. The van der Waals surface area contributed by atoms with Crippen LogP contribution in [0.5, 0.6) is 0 Å². The lowest BCUT2D eigenvalue weighted by molar-refractivity contribution is -0.0688. The van der Waals surface area contributed by atoms with E-state index >= 15 is 0 Å². The fraction of sp³-hybridized carbons (Fsp3) is 0.696. The number of benzene rings is 1. The van der Waals surface area contributed by atoms with Crippen molar-refractivity contribution in [2.24, 2.45) is 23.2 Å². The largest absolute Gasteiger partial charge is 0.349 e. The van der Waals surface area contributed by atoms with Crippen molar-refractivity contribution in [2.75, 3.05) is 0 Å². The fourth-order valence-corrected chi connectivity index (χ4v) is 7.80. The molecule has 1 aromatic carbocycles. The Kier molecular flexibility index (Phi) is 5.31. The summed E-state index contributed by atoms with van der Waals surface area (Å²) in [6.45, 7) is 7.58. The minimum absolute atomic E-state index is 0.108. The van der Waals surface area contributed by atoms with Crippen molar-refractivity contribution < 1.29 is 13.2 Å². The second-order valence-corrected chi connectivity index (χ2v) is 11.9. The summed E-state index contributed by atoms with van der Waals surface area (Å²) in [5, 5.41) is 3.26. The number of carbonyl (C=O) groups excluding carboxylic acids is 1. The van der Waals surface area contributed by atoms with Crippen LogP contribution in [0.1, 0.15) is 75.2 Å². The van der Waals surface area contributed by atoms with Crippen LogP contribution in [0.2, 0.25) is 0 Å². The molecule has 5 rings (SSSR count). The van der Waals surface area contributed by atoms with Gasteiger partial charge in [0.2, 0.25) is 10.0 Å². The first-order valence-electron chi connectivity index (χ1n) is 11.0. The summed E-state index contributed by atoms with van der Waals surface area (Å²) in [4.78, 5) is 13.3. The zero-order chi connectivity index (χ0) is 21.0. The predicted octanol–water partition coefficient (Wildman–Crippen LogP) is 4.02. The number of rotatable bonds is 6. The summed E-state index contributed by atoms with van der Waals surface area (Å²) < 4.78 is 27.7. The van der Waals surface area contributed by atoms with Crippen LogP contribution in [0, 0.1) is 30.1 Å². The molecule has 0 heterocycles. The Morgan fingerprint density at radius 2 is 1.59 bits per heavy atom. The van der Waals surface area contributed by atoms with Gasteiger partial charge in [-0.05, 0) is 107 Å². The highest BCUT2D eigenvalue weighted by Gasteiger charge is 2.53. The standard InChI is InChI=1S/C23H34N2O3S/c1-14(2)25-29(27,28)20-6-5-15(3)21(10-20)22(26)24-16(4)23-11-17-7-18(12-23)9-19(8-17)13-23/h5-6,10,14,16-19,25H,7-9,11-13H2,1-4H3,(H,24,26). The molecule has 4 aliphatic carbocycles. The van der Waals surface area contributed by atoms with Crippen LogP contribution in [-0.2, 0) is 10.0 Å². The lowest BCUT2D eigenvalue weighted by atomic mass is 9.48. The number of sulfonamides is 1. The van der Waals surface area contributed by atoms with Gasteiger partial charge in [0.05, 0.1) is 4.90 Å². The molecule has 160 valence electrons. The lowest BCUT2D eigenvalue weighted by Gasteiger charge is -2.59. The highest BCUT2D eigenvalue weighted by Crippen LogP contribution is 2.61. The third-order valence-electron chi connectivity index (χ3n) is 7.51. The normalized spacial score (nSPS) is 31.8. The van der Waals surface area contributed by atoms with Gasteiger partial charge in [-0.25, -0.2) is 13.1 Å². The summed E-state index contributed by atoms with van der Waals surface area (Å²) in [6.07, 6.45) is 7.82. The minimum Gasteiger partial charge on any atom is -0.349 e. The van der Waals surface area contributed by atoms with Crippen LogP contribution in [0.3, 0.4) is 0 Å². The molecule has 0 radical (unpaired) electrons. The highest BCUT2D eigenvalue weighted by atomic mass is 32.2. The third kappa shape index (κ3) is 3.98. The molecule has 0 aromatic heterocycles. The average molecular weight is 419 g/mol. The first-order chi connectivity index (χ1) is 13.6. The molecule has 4 aliphatic rings. The predicted molar refractivity (Wildman–Crippen MR) is 114 cm³/mol. The molecule has 4 bridgehead atoms. The molecule has 4 fully saturated rings. The van der Waals surface area contributed by atoms with Crippen molar-refractivity contribution in [3.8, 4) is 0 Å². The second kappa shape index (κ2) is 7.38. The Bertz CT molecular complexity index is 871.